The maximum atomic E-state index is 13.2. The minimum atomic E-state index is -1.45. The van der Waals surface area contributed by atoms with E-state index in [0.29, 0.717) is 17.1 Å². The van der Waals surface area contributed by atoms with Crippen molar-refractivity contribution < 1.29 is 38.4 Å². The van der Waals surface area contributed by atoms with Gasteiger partial charge in [0.15, 0.2) is 11.5 Å². The van der Waals surface area contributed by atoms with Gasteiger partial charge in [0, 0.05) is 12.2 Å². The molecule has 0 spiro atoms. The number of hydrogen-bond donors (Lipinski definition) is 2. The molecule has 1 amide bonds. The van der Waals surface area contributed by atoms with E-state index >= 15 is 0 Å². The molecule has 178 valence electrons. The summed E-state index contributed by atoms with van der Waals surface area (Å²) in [5, 5.41) is 9.56. The molecule has 1 aromatic carbocycles. The molecule has 2 rings (SSSR count). The summed E-state index contributed by atoms with van der Waals surface area (Å²) in [5.41, 5.74) is 5.72. The minimum absolute atomic E-state index is 0.0276. The number of esters is 1. The topological polar surface area (TPSA) is 138 Å². The molecule has 1 aliphatic heterocycles. The maximum absolute atomic E-state index is 13.2. The number of thioether (sulfide) groups is 1. The zero-order valence-electron chi connectivity index (χ0n) is 18.8. The van der Waals surface area contributed by atoms with Crippen LogP contribution >= 0.6 is 11.8 Å². The Kier molecular flexibility index (Phi) is 8.62. The van der Waals surface area contributed by atoms with Crippen molar-refractivity contribution in [3.05, 3.63) is 23.8 Å². The minimum Gasteiger partial charge on any atom is -0.480 e. The molecular formula is C21H30N2O8S. The van der Waals surface area contributed by atoms with E-state index < -0.39 is 41.8 Å². The summed E-state index contributed by atoms with van der Waals surface area (Å²) >= 11 is 1.30. The van der Waals surface area contributed by atoms with E-state index in [1.54, 1.807) is 45.2 Å². The summed E-state index contributed by atoms with van der Waals surface area (Å²) in [6.45, 7) is 5.12. The van der Waals surface area contributed by atoms with Gasteiger partial charge < -0.3 is 29.8 Å². The van der Waals surface area contributed by atoms with Crippen molar-refractivity contribution in [3.8, 4) is 11.5 Å². The van der Waals surface area contributed by atoms with Gasteiger partial charge in [-0.25, -0.2) is 9.59 Å². The molecule has 32 heavy (non-hydrogen) atoms. The summed E-state index contributed by atoms with van der Waals surface area (Å²) in [4.78, 5) is 38.9. The molecule has 0 saturated carbocycles. The Hall–Kier alpha value is -2.66. The Labute approximate surface area is 191 Å². The summed E-state index contributed by atoms with van der Waals surface area (Å²) in [5.74, 6) is -0.777. The molecule has 1 aliphatic rings. The second kappa shape index (κ2) is 10.8. The predicted molar refractivity (Wildman–Crippen MR) is 118 cm³/mol. The zero-order valence-corrected chi connectivity index (χ0v) is 19.6. The van der Waals surface area contributed by atoms with Crippen LogP contribution in [0, 0.1) is 0 Å². The molecule has 10 nitrogen and oxygen atoms in total. The molecule has 3 N–H and O–H groups in total. The molecular weight excluding hydrogens is 440 g/mol. The maximum Gasteiger partial charge on any atom is 0.411 e. The molecule has 1 heterocycles. The molecule has 0 aromatic heterocycles. The number of fused-ring (bicyclic) bond motifs is 1. The molecule has 3 atom stereocenters. The van der Waals surface area contributed by atoms with Gasteiger partial charge in [0.25, 0.3) is 0 Å². The number of carbonyl (C=O) groups excluding carboxylic acids is 2. The fourth-order valence-corrected chi connectivity index (χ4v) is 3.93. The monoisotopic (exact) mass is 470 g/mol. The molecule has 11 heteroatoms. The largest absolute Gasteiger partial charge is 0.480 e. The Balaban J connectivity index is 2.50. The van der Waals surface area contributed by atoms with Crippen molar-refractivity contribution in [3.63, 3.8) is 0 Å². The second-order valence-corrected chi connectivity index (χ2v) is 9.12. The van der Waals surface area contributed by atoms with Gasteiger partial charge in [-0.3, -0.25) is 9.69 Å². The summed E-state index contributed by atoms with van der Waals surface area (Å²) < 4.78 is 21.2. The van der Waals surface area contributed by atoms with E-state index in [1.807, 2.05) is 0 Å². The zero-order chi connectivity index (χ0) is 24.1. The normalized spacial score (nSPS) is 15.4. The molecule has 1 aromatic rings. The van der Waals surface area contributed by atoms with Gasteiger partial charge in [-0.15, -0.1) is 0 Å². The van der Waals surface area contributed by atoms with Crippen LogP contribution in [-0.4, -0.2) is 77.7 Å². The van der Waals surface area contributed by atoms with Crippen LogP contribution < -0.4 is 15.2 Å². The van der Waals surface area contributed by atoms with Gasteiger partial charge >= 0.3 is 18.0 Å². The van der Waals surface area contributed by atoms with E-state index in [9.17, 15) is 19.5 Å². The van der Waals surface area contributed by atoms with Crippen molar-refractivity contribution in [2.45, 2.75) is 50.9 Å². The molecule has 0 bridgehead atoms. The van der Waals surface area contributed by atoms with Crippen LogP contribution in [0.25, 0.3) is 0 Å². The fourth-order valence-electron chi connectivity index (χ4n) is 3.22. The molecule has 2 unspecified atom stereocenters. The van der Waals surface area contributed by atoms with E-state index in [4.69, 9.17) is 24.7 Å². The van der Waals surface area contributed by atoms with Crippen LogP contribution in [-0.2, 0) is 25.5 Å². The van der Waals surface area contributed by atoms with Crippen molar-refractivity contribution >= 4 is 29.8 Å². The summed E-state index contributed by atoms with van der Waals surface area (Å²) in [6.07, 6.45) is 0.920. The van der Waals surface area contributed by atoms with Gasteiger partial charge in [0.05, 0.1) is 13.2 Å². The number of carbonyl (C=O) groups is 3. The highest BCUT2D eigenvalue weighted by molar-refractivity contribution is 7.98. The van der Waals surface area contributed by atoms with Crippen molar-refractivity contribution in [1.82, 2.24) is 4.90 Å². The van der Waals surface area contributed by atoms with Crippen LogP contribution in [0.3, 0.4) is 0 Å². The Morgan fingerprint density at radius 3 is 2.47 bits per heavy atom. The van der Waals surface area contributed by atoms with Crippen molar-refractivity contribution in [1.29, 1.82) is 0 Å². The van der Waals surface area contributed by atoms with Crippen LogP contribution in [0.1, 0.15) is 26.3 Å². The lowest BCUT2D eigenvalue weighted by atomic mass is 10.0. The fraction of sp³-hybridized carbons (Fsp3) is 0.571. The quantitative estimate of drug-likeness (QED) is 0.515. The van der Waals surface area contributed by atoms with Gasteiger partial charge in [-0.1, -0.05) is 6.07 Å². The van der Waals surface area contributed by atoms with Gasteiger partial charge in [-0.05, 0) is 44.7 Å². The second-order valence-electron chi connectivity index (χ2n) is 8.21. The van der Waals surface area contributed by atoms with Gasteiger partial charge in [0.1, 0.15) is 17.7 Å². The lowest BCUT2D eigenvalue weighted by Gasteiger charge is -2.39. The third-order valence-corrected chi connectivity index (χ3v) is 5.35. The Bertz CT molecular complexity index is 842. The van der Waals surface area contributed by atoms with E-state index in [2.05, 4.69) is 0 Å². The molecule has 0 fully saturated rings. The van der Waals surface area contributed by atoms with Crippen LogP contribution in [0.4, 0.5) is 4.79 Å². The summed E-state index contributed by atoms with van der Waals surface area (Å²) in [6, 6.07) is 1.47. The smallest absolute Gasteiger partial charge is 0.411 e. The van der Waals surface area contributed by atoms with Crippen molar-refractivity contribution in [2.24, 2.45) is 5.73 Å². The average Bonchev–Trinajstić information content (AvgIpc) is 3.17. The number of amides is 1. The van der Waals surface area contributed by atoms with E-state index in [0.717, 1.165) is 4.90 Å². The molecule has 0 saturated heterocycles. The Morgan fingerprint density at radius 2 is 1.91 bits per heavy atom. The van der Waals surface area contributed by atoms with E-state index in [-0.39, 0.29) is 19.0 Å². The lowest BCUT2D eigenvalue weighted by Crippen LogP contribution is -2.61. The number of carboxylic acid groups (broad SMARTS) is 1. The SMILES string of the molecule is COC(=O)C(Cc1ccc2c(c1)OCO2)N(C(=O)OC(C)(C)C)C(CSC)[C@H](N)C(=O)O. The number of nitrogens with zero attached hydrogens (tertiary/aromatic N) is 1. The lowest BCUT2D eigenvalue weighted by molar-refractivity contribution is -0.149. The van der Waals surface area contributed by atoms with Crippen LogP contribution in [0.5, 0.6) is 11.5 Å². The number of nitrogens with two attached hydrogens (primary N) is 1. The van der Waals surface area contributed by atoms with Crippen LogP contribution in [0.15, 0.2) is 18.2 Å². The first-order valence-corrected chi connectivity index (χ1v) is 11.3. The van der Waals surface area contributed by atoms with Gasteiger partial charge in [0.2, 0.25) is 6.79 Å². The third-order valence-electron chi connectivity index (χ3n) is 4.67. The standard InChI is InChI=1S/C21H30N2O8S/c1-21(2,3)31-20(27)23(14(10-32-5)17(22)18(24)25)13(19(26)28-4)8-12-6-7-15-16(9-12)30-11-29-15/h6-7,9,13-14,17H,8,10-11,22H2,1-5H3,(H,24,25)/t13?,14?,17-/m0/s1. The number of ether oxygens (including phenoxy) is 4. The number of benzene rings is 1. The predicted octanol–water partition coefficient (Wildman–Crippen LogP) is 1.88. The molecule has 0 radical (unpaired) electrons. The van der Waals surface area contributed by atoms with Crippen molar-refractivity contribution in [2.75, 3.05) is 25.9 Å². The third kappa shape index (κ3) is 6.42. The number of rotatable bonds is 9. The summed E-state index contributed by atoms with van der Waals surface area (Å²) in [7, 11) is 1.20. The number of methoxy groups -OCH3 is 1. The average molecular weight is 471 g/mol. The van der Waals surface area contributed by atoms with Crippen LogP contribution in [0.2, 0.25) is 0 Å². The Morgan fingerprint density at radius 1 is 1.25 bits per heavy atom. The first-order valence-electron chi connectivity index (χ1n) is 9.93. The number of carboxylic acids is 1. The first kappa shape index (κ1) is 25.6. The number of aliphatic carboxylic acids is 1. The highest BCUT2D eigenvalue weighted by Crippen LogP contribution is 2.33. The highest BCUT2D eigenvalue weighted by atomic mass is 32.2. The van der Waals surface area contributed by atoms with Gasteiger partial charge in [-0.2, -0.15) is 11.8 Å². The molecule has 0 aliphatic carbocycles. The first-order chi connectivity index (χ1) is 15.0. The number of hydrogen-bond acceptors (Lipinski definition) is 9. The van der Waals surface area contributed by atoms with E-state index in [1.165, 1.54) is 18.9 Å². The highest BCUT2D eigenvalue weighted by Gasteiger charge is 2.42.